The summed E-state index contributed by atoms with van der Waals surface area (Å²) in [6, 6.07) is 7.64. The van der Waals surface area contributed by atoms with Crippen molar-refractivity contribution in [2.45, 2.75) is 18.9 Å². The molecule has 1 amide bonds. The van der Waals surface area contributed by atoms with Gasteiger partial charge in [0.15, 0.2) is 0 Å². The zero-order chi connectivity index (χ0) is 13.7. The first-order valence-corrected chi connectivity index (χ1v) is 6.61. The van der Waals surface area contributed by atoms with Crippen LogP contribution >= 0.6 is 24.8 Å². The van der Waals surface area contributed by atoms with Crippen LogP contribution in [0.15, 0.2) is 24.3 Å². The van der Waals surface area contributed by atoms with Gasteiger partial charge in [0.2, 0.25) is 5.91 Å². The number of amides is 1. The van der Waals surface area contributed by atoms with Crippen LogP contribution in [0.1, 0.15) is 12.8 Å². The molecule has 21 heavy (non-hydrogen) atoms. The van der Waals surface area contributed by atoms with Crippen LogP contribution in [0.3, 0.4) is 0 Å². The predicted molar refractivity (Wildman–Crippen MR) is 89.7 cm³/mol. The number of hydrogen-bond donors (Lipinski definition) is 3. The van der Waals surface area contributed by atoms with Gasteiger partial charge in [-0.25, -0.2) is 0 Å². The molecule has 7 heteroatoms. The maximum atomic E-state index is 11.8. The largest absolute Gasteiger partial charge is 0.495 e. The smallest absolute Gasteiger partial charge is 0.239 e. The topological polar surface area (TPSA) is 76.4 Å². The Morgan fingerprint density at radius 1 is 1.38 bits per heavy atom. The van der Waals surface area contributed by atoms with Crippen LogP contribution in [0.25, 0.3) is 0 Å². The van der Waals surface area contributed by atoms with Gasteiger partial charge < -0.3 is 21.1 Å². The number of rotatable bonds is 7. The fourth-order valence-corrected chi connectivity index (χ4v) is 2.09. The monoisotopic (exact) mass is 335 g/mol. The molecule has 1 unspecified atom stereocenters. The SMILES string of the molecule is COc1ccccc1NCC(=O)NC(CN)C1CC1.Cl.Cl. The van der Waals surface area contributed by atoms with E-state index in [4.69, 9.17) is 10.5 Å². The number of methoxy groups -OCH3 is 1. The fourth-order valence-electron chi connectivity index (χ4n) is 2.09. The van der Waals surface area contributed by atoms with Crippen molar-refractivity contribution in [2.75, 3.05) is 25.5 Å². The molecule has 2 rings (SSSR count). The Hall–Kier alpha value is -1.17. The Kier molecular flexibility index (Phi) is 9.17. The number of para-hydroxylation sites is 2. The van der Waals surface area contributed by atoms with Gasteiger partial charge in [-0.3, -0.25) is 4.79 Å². The van der Waals surface area contributed by atoms with Gasteiger partial charge in [-0.1, -0.05) is 12.1 Å². The van der Waals surface area contributed by atoms with Crippen LogP contribution in [0.2, 0.25) is 0 Å². The van der Waals surface area contributed by atoms with E-state index < -0.39 is 0 Å². The molecule has 1 fully saturated rings. The lowest BCUT2D eigenvalue weighted by atomic mass is 10.2. The molecule has 0 aromatic heterocycles. The zero-order valence-electron chi connectivity index (χ0n) is 12.0. The summed E-state index contributed by atoms with van der Waals surface area (Å²) in [6.45, 7) is 0.731. The van der Waals surface area contributed by atoms with Crippen LogP contribution in [0.5, 0.6) is 5.75 Å². The summed E-state index contributed by atoms with van der Waals surface area (Å²) in [6.07, 6.45) is 2.34. The number of nitrogens with one attached hydrogen (secondary N) is 2. The number of carbonyl (C=O) groups excluding carboxylic acids is 1. The number of hydrogen-bond acceptors (Lipinski definition) is 4. The molecule has 4 N–H and O–H groups in total. The van der Waals surface area contributed by atoms with E-state index in [1.807, 2.05) is 24.3 Å². The van der Waals surface area contributed by atoms with Crippen LogP contribution in [-0.4, -0.2) is 32.1 Å². The average Bonchev–Trinajstić information content (AvgIpc) is 3.27. The average molecular weight is 336 g/mol. The molecule has 0 spiro atoms. The molecule has 0 heterocycles. The van der Waals surface area contributed by atoms with Gasteiger partial charge in [0.1, 0.15) is 5.75 Å². The molecule has 120 valence electrons. The molecular weight excluding hydrogens is 313 g/mol. The molecule has 5 nitrogen and oxygen atoms in total. The van der Waals surface area contributed by atoms with Gasteiger partial charge in [-0.2, -0.15) is 0 Å². The molecule has 1 saturated carbocycles. The highest BCUT2D eigenvalue weighted by molar-refractivity contribution is 5.85. The Morgan fingerprint density at radius 2 is 2.05 bits per heavy atom. The Labute approximate surface area is 137 Å². The molecule has 0 aliphatic heterocycles. The highest BCUT2D eigenvalue weighted by Gasteiger charge is 2.31. The standard InChI is InChI=1S/C14H21N3O2.2ClH/c1-19-13-5-3-2-4-11(13)16-9-14(18)17-12(8-15)10-6-7-10;;/h2-5,10,12,16H,6-9,15H2,1H3,(H,17,18);2*1H. The lowest BCUT2D eigenvalue weighted by Gasteiger charge is -2.17. The van der Waals surface area contributed by atoms with Gasteiger partial charge in [0, 0.05) is 12.6 Å². The first kappa shape index (κ1) is 19.8. The van der Waals surface area contributed by atoms with Crippen molar-refractivity contribution < 1.29 is 9.53 Å². The molecule has 1 aliphatic carbocycles. The Bertz CT molecular complexity index is 442. The minimum atomic E-state index is -0.0340. The summed E-state index contributed by atoms with van der Waals surface area (Å²) in [5.74, 6) is 1.27. The summed E-state index contributed by atoms with van der Waals surface area (Å²) in [5, 5.41) is 6.04. The van der Waals surface area contributed by atoms with Gasteiger partial charge in [0.25, 0.3) is 0 Å². The van der Waals surface area contributed by atoms with Crippen LogP contribution in [0, 0.1) is 5.92 Å². The van der Waals surface area contributed by atoms with Crippen molar-refractivity contribution in [1.29, 1.82) is 0 Å². The van der Waals surface area contributed by atoms with E-state index in [1.54, 1.807) is 7.11 Å². The second-order valence-corrected chi connectivity index (χ2v) is 4.80. The molecule has 0 saturated heterocycles. The molecule has 0 bridgehead atoms. The highest BCUT2D eigenvalue weighted by atomic mass is 35.5. The maximum Gasteiger partial charge on any atom is 0.239 e. The van der Waals surface area contributed by atoms with E-state index >= 15 is 0 Å². The van der Waals surface area contributed by atoms with Crippen molar-refractivity contribution in [3.05, 3.63) is 24.3 Å². The predicted octanol–water partition coefficient (Wildman–Crippen LogP) is 1.80. The second-order valence-electron chi connectivity index (χ2n) is 4.80. The van der Waals surface area contributed by atoms with Crippen molar-refractivity contribution in [3.63, 3.8) is 0 Å². The van der Waals surface area contributed by atoms with Gasteiger partial charge >= 0.3 is 0 Å². The first-order chi connectivity index (χ1) is 9.24. The maximum absolute atomic E-state index is 11.8. The number of ether oxygens (including phenoxy) is 1. The molecule has 0 radical (unpaired) electrons. The normalized spacial score (nSPS) is 14.2. The molecular formula is C14H23Cl2N3O2. The molecule has 1 aromatic rings. The second kappa shape index (κ2) is 9.71. The highest BCUT2D eigenvalue weighted by Crippen LogP contribution is 2.32. The van der Waals surface area contributed by atoms with Crippen LogP contribution in [-0.2, 0) is 4.79 Å². The quantitative estimate of drug-likeness (QED) is 0.710. The third kappa shape index (κ3) is 5.99. The van der Waals surface area contributed by atoms with Crippen LogP contribution in [0.4, 0.5) is 5.69 Å². The van der Waals surface area contributed by atoms with E-state index in [-0.39, 0.29) is 43.3 Å². The number of anilines is 1. The van der Waals surface area contributed by atoms with Gasteiger partial charge in [0.05, 0.1) is 19.3 Å². The van der Waals surface area contributed by atoms with Crippen molar-refractivity contribution in [1.82, 2.24) is 5.32 Å². The summed E-state index contributed by atoms with van der Waals surface area (Å²) in [5.41, 5.74) is 6.48. The molecule has 1 atom stereocenters. The van der Waals surface area contributed by atoms with E-state index in [1.165, 1.54) is 12.8 Å². The van der Waals surface area contributed by atoms with Gasteiger partial charge in [-0.05, 0) is 30.9 Å². The Morgan fingerprint density at radius 3 is 2.62 bits per heavy atom. The van der Waals surface area contributed by atoms with E-state index in [2.05, 4.69) is 10.6 Å². The molecule has 1 aliphatic rings. The summed E-state index contributed by atoms with van der Waals surface area (Å²) in [7, 11) is 1.61. The third-order valence-electron chi connectivity index (χ3n) is 3.34. The zero-order valence-corrected chi connectivity index (χ0v) is 13.6. The number of benzene rings is 1. The van der Waals surface area contributed by atoms with E-state index in [9.17, 15) is 4.79 Å². The fraction of sp³-hybridized carbons (Fsp3) is 0.500. The third-order valence-corrected chi connectivity index (χ3v) is 3.34. The summed E-state index contributed by atoms with van der Waals surface area (Å²) >= 11 is 0. The van der Waals surface area contributed by atoms with Crippen molar-refractivity contribution >= 4 is 36.4 Å². The number of carbonyl (C=O) groups is 1. The van der Waals surface area contributed by atoms with Crippen molar-refractivity contribution in [2.24, 2.45) is 11.7 Å². The number of halogens is 2. The Balaban J connectivity index is 0.00000200. The molecule has 1 aromatic carbocycles. The minimum Gasteiger partial charge on any atom is -0.495 e. The summed E-state index contributed by atoms with van der Waals surface area (Å²) in [4.78, 5) is 11.8. The van der Waals surface area contributed by atoms with Crippen molar-refractivity contribution in [3.8, 4) is 5.75 Å². The van der Waals surface area contributed by atoms with Gasteiger partial charge in [-0.15, -0.1) is 24.8 Å². The van der Waals surface area contributed by atoms with E-state index in [0.717, 1.165) is 11.4 Å². The lowest BCUT2D eigenvalue weighted by molar-refractivity contribution is -0.120. The minimum absolute atomic E-state index is 0. The first-order valence-electron chi connectivity index (χ1n) is 6.61. The van der Waals surface area contributed by atoms with E-state index in [0.29, 0.717) is 12.5 Å². The van der Waals surface area contributed by atoms with Crippen LogP contribution < -0.4 is 21.1 Å². The number of nitrogens with two attached hydrogens (primary N) is 1. The lowest BCUT2D eigenvalue weighted by Crippen LogP contribution is -2.44. The summed E-state index contributed by atoms with van der Waals surface area (Å²) < 4.78 is 5.21.